The summed E-state index contributed by atoms with van der Waals surface area (Å²) in [6.45, 7) is 2.06. The van der Waals surface area contributed by atoms with Crippen LogP contribution in [0, 0.1) is 6.92 Å². The summed E-state index contributed by atoms with van der Waals surface area (Å²) in [5.41, 5.74) is 4.48. The summed E-state index contributed by atoms with van der Waals surface area (Å²) in [6, 6.07) is 16.4. The first-order chi connectivity index (χ1) is 10.2. The van der Waals surface area contributed by atoms with E-state index in [4.69, 9.17) is 11.6 Å². The van der Waals surface area contributed by atoms with Crippen molar-refractivity contribution in [2.75, 3.05) is 7.05 Å². The molecule has 0 aliphatic heterocycles. The molecule has 2 aromatic carbocycles. The predicted octanol–water partition coefficient (Wildman–Crippen LogP) is 4.51. The van der Waals surface area contributed by atoms with Crippen LogP contribution in [0.2, 0.25) is 5.02 Å². The molecule has 3 aromatic rings. The second-order valence-electron chi connectivity index (χ2n) is 5.10. The van der Waals surface area contributed by atoms with Gasteiger partial charge >= 0.3 is 0 Å². The van der Waals surface area contributed by atoms with Gasteiger partial charge in [0.25, 0.3) is 0 Å². The van der Waals surface area contributed by atoms with Gasteiger partial charge in [0, 0.05) is 16.6 Å². The van der Waals surface area contributed by atoms with Crippen molar-refractivity contribution in [1.82, 2.24) is 10.3 Å². The average Bonchev–Trinajstić information content (AvgIpc) is 2.52. The number of aromatic nitrogens is 1. The van der Waals surface area contributed by atoms with Crippen LogP contribution in [0.4, 0.5) is 0 Å². The van der Waals surface area contributed by atoms with Crippen LogP contribution in [-0.2, 0) is 0 Å². The maximum Gasteiger partial charge on any atom is 0.0753 e. The molecule has 0 aliphatic carbocycles. The quantitative estimate of drug-likeness (QED) is 0.769. The van der Waals surface area contributed by atoms with E-state index in [1.54, 1.807) is 0 Å². The summed E-state index contributed by atoms with van der Waals surface area (Å²) in [4.78, 5) is 4.55. The zero-order valence-electron chi connectivity index (χ0n) is 12.1. The van der Waals surface area contributed by atoms with Gasteiger partial charge in [0.05, 0.1) is 11.6 Å². The Morgan fingerprint density at radius 3 is 2.52 bits per heavy atom. The Hall–Kier alpha value is -1.90. The molecule has 106 valence electrons. The lowest BCUT2D eigenvalue weighted by atomic mass is 9.93. The second-order valence-corrected chi connectivity index (χ2v) is 5.51. The summed E-state index contributed by atoms with van der Waals surface area (Å²) in [7, 11) is 1.97. The molecular formula is C18H17ClN2. The van der Waals surface area contributed by atoms with Crippen molar-refractivity contribution in [2.24, 2.45) is 0 Å². The number of benzene rings is 2. The summed E-state index contributed by atoms with van der Waals surface area (Å²) < 4.78 is 0. The van der Waals surface area contributed by atoms with Crippen LogP contribution in [0.1, 0.15) is 22.7 Å². The van der Waals surface area contributed by atoms with E-state index in [2.05, 4.69) is 47.6 Å². The van der Waals surface area contributed by atoms with Crippen LogP contribution < -0.4 is 5.32 Å². The van der Waals surface area contributed by atoms with E-state index in [1.807, 2.05) is 31.4 Å². The van der Waals surface area contributed by atoms with Gasteiger partial charge < -0.3 is 5.32 Å². The van der Waals surface area contributed by atoms with Crippen molar-refractivity contribution in [3.63, 3.8) is 0 Å². The lowest BCUT2D eigenvalue weighted by Gasteiger charge is -2.21. The van der Waals surface area contributed by atoms with Crippen molar-refractivity contribution in [3.05, 3.63) is 76.4 Å². The third-order valence-corrected chi connectivity index (χ3v) is 4.29. The molecule has 1 atom stereocenters. The normalized spacial score (nSPS) is 12.5. The number of halogens is 1. The molecule has 2 nitrogen and oxygen atoms in total. The van der Waals surface area contributed by atoms with Crippen LogP contribution in [0.5, 0.6) is 0 Å². The number of nitrogens with one attached hydrogen (secondary N) is 1. The first-order valence-corrected chi connectivity index (χ1v) is 7.36. The summed E-state index contributed by atoms with van der Waals surface area (Å²) in [5, 5.41) is 5.34. The summed E-state index contributed by atoms with van der Waals surface area (Å²) in [6.07, 6.45) is 1.84. The van der Waals surface area contributed by atoms with Crippen molar-refractivity contribution in [2.45, 2.75) is 13.0 Å². The fraction of sp³-hybridized carbons (Fsp3) is 0.167. The van der Waals surface area contributed by atoms with Gasteiger partial charge in [-0.3, -0.25) is 4.98 Å². The molecule has 21 heavy (non-hydrogen) atoms. The van der Waals surface area contributed by atoms with E-state index in [0.717, 1.165) is 21.5 Å². The highest BCUT2D eigenvalue weighted by Crippen LogP contribution is 2.31. The van der Waals surface area contributed by atoms with Gasteiger partial charge in [-0.1, -0.05) is 48.0 Å². The largest absolute Gasteiger partial charge is 0.309 e. The third-order valence-electron chi connectivity index (χ3n) is 3.88. The van der Waals surface area contributed by atoms with E-state index >= 15 is 0 Å². The number of hydrogen-bond acceptors (Lipinski definition) is 2. The minimum Gasteiger partial charge on any atom is -0.309 e. The minimum absolute atomic E-state index is 0.0716. The van der Waals surface area contributed by atoms with Gasteiger partial charge in [0.15, 0.2) is 0 Å². The van der Waals surface area contributed by atoms with Crippen molar-refractivity contribution >= 4 is 22.5 Å². The molecule has 0 amide bonds. The molecule has 0 saturated heterocycles. The van der Waals surface area contributed by atoms with Gasteiger partial charge in [-0.25, -0.2) is 0 Å². The number of nitrogens with zero attached hydrogens (tertiary/aromatic N) is 1. The molecule has 1 N–H and O–H groups in total. The number of rotatable bonds is 3. The SMILES string of the molecule is CNC(c1cccc(Cl)c1C)c1cccc2cccnc12. The highest BCUT2D eigenvalue weighted by atomic mass is 35.5. The van der Waals surface area contributed by atoms with Crippen molar-refractivity contribution in [3.8, 4) is 0 Å². The smallest absolute Gasteiger partial charge is 0.0753 e. The van der Waals surface area contributed by atoms with Gasteiger partial charge in [-0.05, 0) is 42.8 Å². The molecule has 0 saturated carbocycles. The second kappa shape index (κ2) is 5.84. The number of pyridine rings is 1. The van der Waals surface area contributed by atoms with E-state index in [0.29, 0.717) is 0 Å². The Labute approximate surface area is 129 Å². The Kier molecular flexibility index (Phi) is 3.91. The maximum atomic E-state index is 6.28. The number of para-hydroxylation sites is 1. The first kappa shape index (κ1) is 14.1. The number of fused-ring (bicyclic) bond motifs is 1. The van der Waals surface area contributed by atoms with Crippen LogP contribution in [-0.4, -0.2) is 12.0 Å². The Balaban J connectivity index is 2.21. The van der Waals surface area contributed by atoms with Crippen LogP contribution in [0.15, 0.2) is 54.7 Å². The van der Waals surface area contributed by atoms with Crippen molar-refractivity contribution in [1.29, 1.82) is 0 Å². The molecular weight excluding hydrogens is 280 g/mol. The maximum absolute atomic E-state index is 6.28. The molecule has 3 rings (SSSR count). The van der Waals surface area contributed by atoms with Gasteiger partial charge in [0.2, 0.25) is 0 Å². The van der Waals surface area contributed by atoms with Gasteiger partial charge in [-0.15, -0.1) is 0 Å². The highest BCUT2D eigenvalue weighted by Gasteiger charge is 2.18. The van der Waals surface area contributed by atoms with Gasteiger partial charge in [-0.2, -0.15) is 0 Å². The lowest BCUT2D eigenvalue weighted by Crippen LogP contribution is -2.19. The molecule has 0 aliphatic rings. The fourth-order valence-corrected chi connectivity index (χ4v) is 2.96. The topological polar surface area (TPSA) is 24.9 Å². The van der Waals surface area contributed by atoms with Crippen molar-refractivity contribution < 1.29 is 0 Å². The Morgan fingerprint density at radius 1 is 1.00 bits per heavy atom. The molecule has 3 heteroatoms. The summed E-state index contributed by atoms with van der Waals surface area (Å²) in [5.74, 6) is 0. The van der Waals surface area contributed by atoms with E-state index < -0.39 is 0 Å². The molecule has 0 radical (unpaired) electrons. The molecule has 0 bridgehead atoms. The van der Waals surface area contributed by atoms with E-state index in [9.17, 15) is 0 Å². The average molecular weight is 297 g/mol. The lowest BCUT2D eigenvalue weighted by molar-refractivity contribution is 0.691. The highest BCUT2D eigenvalue weighted by molar-refractivity contribution is 6.31. The monoisotopic (exact) mass is 296 g/mol. The molecule has 1 unspecified atom stereocenters. The molecule has 0 fully saturated rings. The van der Waals surface area contributed by atoms with E-state index in [1.165, 1.54) is 11.1 Å². The van der Waals surface area contributed by atoms with Crippen LogP contribution in [0.3, 0.4) is 0 Å². The number of hydrogen-bond donors (Lipinski definition) is 1. The van der Waals surface area contributed by atoms with E-state index in [-0.39, 0.29) is 6.04 Å². The Bertz CT molecular complexity index is 778. The van der Waals surface area contributed by atoms with Crippen LogP contribution >= 0.6 is 11.6 Å². The van der Waals surface area contributed by atoms with Gasteiger partial charge in [0.1, 0.15) is 0 Å². The zero-order valence-corrected chi connectivity index (χ0v) is 12.9. The molecule has 1 heterocycles. The predicted molar refractivity (Wildman–Crippen MR) is 88.8 cm³/mol. The molecule has 0 spiro atoms. The zero-order chi connectivity index (χ0) is 14.8. The fourth-order valence-electron chi connectivity index (χ4n) is 2.78. The third kappa shape index (κ3) is 2.53. The first-order valence-electron chi connectivity index (χ1n) is 6.98. The molecule has 1 aromatic heterocycles. The summed E-state index contributed by atoms with van der Waals surface area (Å²) >= 11 is 6.28. The van der Waals surface area contributed by atoms with Crippen LogP contribution in [0.25, 0.3) is 10.9 Å². The Morgan fingerprint density at radius 2 is 1.71 bits per heavy atom. The minimum atomic E-state index is 0.0716. The standard InChI is InChI=1S/C18H17ClN2/c1-12-14(8-4-10-16(12)19)18(20-2)15-9-3-6-13-7-5-11-21-17(13)15/h3-11,18,20H,1-2H3.